The van der Waals surface area contributed by atoms with E-state index in [0.717, 1.165) is 46.4 Å². The Kier molecular flexibility index (Phi) is 8.25. The van der Waals surface area contributed by atoms with Crippen molar-refractivity contribution in [2.75, 3.05) is 20.3 Å². The van der Waals surface area contributed by atoms with E-state index in [0.29, 0.717) is 25.4 Å². The van der Waals surface area contributed by atoms with Crippen LogP contribution in [0.3, 0.4) is 0 Å². The van der Waals surface area contributed by atoms with Crippen molar-refractivity contribution in [3.8, 4) is 5.75 Å². The summed E-state index contributed by atoms with van der Waals surface area (Å²) in [5.41, 5.74) is 5.73. The molecule has 0 bridgehead atoms. The van der Waals surface area contributed by atoms with Gasteiger partial charge in [-0.1, -0.05) is 61.5 Å². The van der Waals surface area contributed by atoms with Gasteiger partial charge in [-0.25, -0.2) is 4.79 Å². The summed E-state index contributed by atoms with van der Waals surface area (Å²) in [4.78, 5) is 12.4. The minimum atomic E-state index is -0.336. The molecular formula is C27H30O4. The predicted molar refractivity (Wildman–Crippen MR) is 124 cm³/mol. The van der Waals surface area contributed by atoms with Crippen molar-refractivity contribution in [1.82, 2.24) is 0 Å². The molecule has 3 rings (SSSR count). The van der Waals surface area contributed by atoms with Gasteiger partial charge in [0.15, 0.2) is 0 Å². The summed E-state index contributed by atoms with van der Waals surface area (Å²) in [5, 5.41) is 0. The Balaban J connectivity index is 1.77. The van der Waals surface area contributed by atoms with Crippen LogP contribution in [0.4, 0.5) is 0 Å². The molecule has 0 spiro atoms. The predicted octanol–water partition coefficient (Wildman–Crippen LogP) is 5.81. The second-order valence-electron chi connectivity index (χ2n) is 7.53. The molecule has 0 saturated heterocycles. The van der Waals surface area contributed by atoms with Crippen LogP contribution >= 0.6 is 0 Å². The van der Waals surface area contributed by atoms with Crippen LogP contribution in [0.1, 0.15) is 36.5 Å². The smallest absolute Gasteiger partial charge is 0.338 e. The average molecular weight is 419 g/mol. The van der Waals surface area contributed by atoms with Gasteiger partial charge in [0.2, 0.25) is 0 Å². The zero-order valence-corrected chi connectivity index (χ0v) is 18.5. The Morgan fingerprint density at radius 3 is 2.68 bits per heavy atom. The fraction of sp³-hybridized carbons (Fsp3) is 0.296. The molecule has 0 amide bonds. The largest absolute Gasteiger partial charge is 0.494 e. The molecule has 1 aliphatic carbocycles. The Labute approximate surface area is 184 Å². The first-order valence-electron chi connectivity index (χ1n) is 10.7. The van der Waals surface area contributed by atoms with Gasteiger partial charge in [0, 0.05) is 0 Å². The minimum Gasteiger partial charge on any atom is -0.494 e. The number of hydrogen-bond donors (Lipinski definition) is 0. The summed E-state index contributed by atoms with van der Waals surface area (Å²) in [6.45, 7) is 5.82. The number of carbonyl (C=O) groups excluding carboxylic acids is 1. The normalized spacial score (nSPS) is 13.6. The van der Waals surface area contributed by atoms with Gasteiger partial charge in [0.1, 0.15) is 5.75 Å². The van der Waals surface area contributed by atoms with Gasteiger partial charge in [-0.15, -0.1) is 0 Å². The van der Waals surface area contributed by atoms with E-state index in [1.165, 1.54) is 7.11 Å². The van der Waals surface area contributed by atoms with E-state index in [1.54, 1.807) is 0 Å². The summed E-state index contributed by atoms with van der Waals surface area (Å²) in [5.74, 6) is 0.531. The highest BCUT2D eigenvalue weighted by atomic mass is 16.5. The Morgan fingerprint density at radius 1 is 1.06 bits per heavy atom. The van der Waals surface area contributed by atoms with Crippen molar-refractivity contribution in [3.05, 3.63) is 94.6 Å². The first-order chi connectivity index (χ1) is 15.1. The van der Waals surface area contributed by atoms with Crippen LogP contribution in [0.5, 0.6) is 5.75 Å². The van der Waals surface area contributed by atoms with Crippen molar-refractivity contribution < 1.29 is 19.0 Å². The number of carbonyl (C=O) groups is 1. The third-order valence-electron chi connectivity index (χ3n) is 5.07. The monoisotopic (exact) mass is 418 g/mol. The maximum absolute atomic E-state index is 12.4. The molecule has 0 fully saturated rings. The number of ether oxygens (including phenoxy) is 3. The molecular weight excluding hydrogens is 388 g/mol. The van der Waals surface area contributed by atoms with E-state index in [4.69, 9.17) is 14.2 Å². The van der Waals surface area contributed by atoms with E-state index in [1.807, 2.05) is 67.6 Å². The number of allylic oxidation sites excluding steroid dienone is 3. The van der Waals surface area contributed by atoms with Crippen molar-refractivity contribution >= 4 is 11.5 Å². The van der Waals surface area contributed by atoms with Gasteiger partial charge in [0.25, 0.3) is 0 Å². The second kappa shape index (κ2) is 11.3. The molecule has 4 heteroatoms. The van der Waals surface area contributed by atoms with Gasteiger partial charge in [-0.3, -0.25) is 0 Å². The zero-order chi connectivity index (χ0) is 22.1. The first-order valence-corrected chi connectivity index (χ1v) is 10.7. The van der Waals surface area contributed by atoms with E-state index in [-0.39, 0.29) is 5.97 Å². The number of rotatable bonds is 9. The standard InChI is InChI=1S/C27H30O4/c1-4-15-31-23-12-7-10-21(16-23)18-30-19-22-11-8-14-25(27(28)29-3)26(17-22)24-13-6-5-9-20(24)2/h5-10,12-14,16-17H,4,11,15,18-19H2,1-3H3. The molecule has 0 heterocycles. The maximum atomic E-state index is 12.4. The lowest BCUT2D eigenvalue weighted by Gasteiger charge is -2.12. The summed E-state index contributed by atoms with van der Waals surface area (Å²) in [6.07, 6.45) is 7.61. The summed E-state index contributed by atoms with van der Waals surface area (Å²) < 4.78 is 16.7. The van der Waals surface area contributed by atoms with Gasteiger partial charge in [-0.2, -0.15) is 0 Å². The fourth-order valence-corrected chi connectivity index (χ4v) is 3.49. The number of methoxy groups -OCH3 is 1. The first kappa shape index (κ1) is 22.6. The lowest BCUT2D eigenvalue weighted by atomic mass is 9.95. The number of aryl methyl sites for hydroxylation is 1. The molecule has 0 saturated carbocycles. The van der Waals surface area contributed by atoms with E-state index < -0.39 is 0 Å². The Bertz CT molecular complexity index is 998. The van der Waals surface area contributed by atoms with Crippen LogP contribution in [-0.2, 0) is 20.9 Å². The van der Waals surface area contributed by atoms with Crippen LogP contribution in [0.2, 0.25) is 0 Å². The average Bonchev–Trinajstić information content (AvgIpc) is 3.00. The third-order valence-corrected chi connectivity index (χ3v) is 5.07. The molecule has 0 unspecified atom stereocenters. The van der Waals surface area contributed by atoms with Crippen LogP contribution < -0.4 is 4.74 Å². The molecule has 1 aliphatic rings. The van der Waals surface area contributed by atoms with Crippen LogP contribution in [0, 0.1) is 6.92 Å². The minimum absolute atomic E-state index is 0.336. The highest BCUT2D eigenvalue weighted by Gasteiger charge is 2.17. The van der Waals surface area contributed by atoms with Gasteiger partial charge < -0.3 is 14.2 Å². The number of hydrogen-bond acceptors (Lipinski definition) is 4. The topological polar surface area (TPSA) is 44.8 Å². The molecule has 0 aromatic heterocycles. The quantitative estimate of drug-likeness (QED) is 0.482. The maximum Gasteiger partial charge on any atom is 0.338 e. The van der Waals surface area contributed by atoms with Gasteiger partial charge in [0.05, 0.1) is 32.5 Å². The van der Waals surface area contributed by atoms with E-state index in [2.05, 4.69) is 13.0 Å². The molecule has 0 N–H and O–H groups in total. The third kappa shape index (κ3) is 6.19. The lowest BCUT2D eigenvalue weighted by Crippen LogP contribution is -2.06. The lowest BCUT2D eigenvalue weighted by molar-refractivity contribution is -0.135. The van der Waals surface area contributed by atoms with Crippen LogP contribution in [0.25, 0.3) is 5.57 Å². The van der Waals surface area contributed by atoms with E-state index >= 15 is 0 Å². The van der Waals surface area contributed by atoms with Gasteiger partial charge >= 0.3 is 5.97 Å². The Hall–Kier alpha value is -3.11. The molecule has 162 valence electrons. The van der Waals surface area contributed by atoms with Crippen molar-refractivity contribution in [2.45, 2.75) is 33.3 Å². The van der Waals surface area contributed by atoms with Crippen molar-refractivity contribution in [1.29, 1.82) is 0 Å². The van der Waals surface area contributed by atoms with E-state index in [9.17, 15) is 4.79 Å². The highest BCUT2D eigenvalue weighted by molar-refractivity contribution is 6.03. The Morgan fingerprint density at radius 2 is 1.90 bits per heavy atom. The zero-order valence-electron chi connectivity index (χ0n) is 18.5. The van der Waals surface area contributed by atoms with Crippen LogP contribution in [-0.4, -0.2) is 26.3 Å². The number of esters is 1. The molecule has 4 nitrogen and oxygen atoms in total. The van der Waals surface area contributed by atoms with Crippen molar-refractivity contribution in [3.63, 3.8) is 0 Å². The molecule has 2 aromatic carbocycles. The molecule has 0 radical (unpaired) electrons. The fourth-order valence-electron chi connectivity index (χ4n) is 3.49. The molecule has 31 heavy (non-hydrogen) atoms. The summed E-state index contributed by atoms with van der Waals surface area (Å²) in [7, 11) is 1.41. The summed E-state index contributed by atoms with van der Waals surface area (Å²) in [6, 6.07) is 16.1. The number of benzene rings is 2. The van der Waals surface area contributed by atoms with Crippen molar-refractivity contribution in [2.24, 2.45) is 0 Å². The van der Waals surface area contributed by atoms with Gasteiger partial charge in [-0.05, 0) is 59.7 Å². The molecule has 0 aliphatic heterocycles. The SMILES string of the molecule is CCCOc1cccc(COCC2=CC(c3ccccc3C)=C(C(=O)OC)C=CC2)c1. The molecule has 0 atom stereocenters. The summed E-state index contributed by atoms with van der Waals surface area (Å²) >= 11 is 0. The van der Waals surface area contributed by atoms with Crippen LogP contribution in [0.15, 0.2) is 77.9 Å². The highest BCUT2D eigenvalue weighted by Crippen LogP contribution is 2.29. The molecule has 2 aromatic rings. The second-order valence-corrected chi connectivity index (χ2v) is 7.53.